The summed E-state index contributed by atoms with van der Waals surface area (Å²) < 4.78 is 0. The summed E-state index contributed by atoms with van der Waals surface area (Å²) in [6, 6.07) is 2.23. The number of hydrogen-bond donors (Lipinski definition) is 1. The van der Waals surface area contributed by atoms with Crippen molar-refractivity contribution in [2.45, 2.75) is 57.7 Å². The van der Waals surface area contributed by atoms with E-state index in [0.717, 1.165) is 12.1 Å². The normalized spacial score (nSPS) is 30.0. The molecule has 0 saturated heterocycles. The van der Waals surface area contributed by atoms with Gasteiger partial charge in [-0.05, 0) is 47.2 Å². The lowest BCUT2D eigenvalue weighted by Gasteiger charge is -2.37. The average molecular weight is 184 g/mol. The molecule has 2 unspecified atom stereocenters. The first-order valence-corrected chi connectivity index (χ1v) is 5.54. The summed E-state index contributed by atoms with van der Waals surface area (Å²) >= 11 is 0. The maximum Gasteiger partial charge on any atom is 0.0110 e. The van der Waals surface area contributed by atoms with Gasteiger partial charge in [0.15, 0.2) is 0 Å². The smallest absolute Gasteiger partial charge is 0.0110 e. The van der Waals surface area contributed by atoms with Crippen molar-refractivity contribution in [1.82, 2.24) is 10.2 Å². The maximum absolute atomic E-state index is 3.40. The monoisotopic (exact) mass is 184 g/mol. The predicted molar refractivity (Wildman–Crippen MR) is 58.0 cm³/mol. The molecule has 0 bridgehead atoms. The van der Waals surface area contributed by atoms with Crippen molar-refractivity contribution in [2.75, 3.05) is 14.1 Å². The van der Waals surface area contributed by atoms with Gasteiger partial charge in [-0.25, -0.2) is 0 Å². The quantitative estimate of drug-likeness (QED) is 0.720. The molecule has 1 rings (SSSR count). The van der Waals surface area contributed by atoms with Gasteiger partial charge in [0.25, 0.3) is 0 Å². The average Bonchev–Trinajstić information content (AvgIpc) is 2.16. The molecule has 1 N–H and O–H groups in total. The minimum atomic E-state index is 0.681. The van der Waals surface area contributed by atoms with Crippen molar-refractivity contribution in [3.63, 3.8) is 0 Å². The Morgan fingerprint density at radius 2 is 2.00 bits per heavy atom. The third-order valence-electron chi connectivity index (χ3n) is 3.45. The van der Waals surface area contributed by atoms with Gasteiger partial charge in [-0.2, -0.15) is 0 Å². The van der Waals surface area contributed by atoms with Gasteiger partial charge in [0.2, 0.25) is 0 Å². The summed E-state index contributed by atoms with van der Waals surface area (Å²) in [4.78, 5) is 2.52. The van der Waals surface area contributed by atoms with Crippen LogP contribution in [0.25, 0.3) is 0 Å². The maximum atomic E-state index is 3.40. The van der Waals surface area contributed by atoms with Gasteiger partial charge in [-0.15, -0.1) is 0 Å². The summed E-state index contributed by atoms with van der Waals surface area (Å²) in [5, 5.41) is 3.40. The van der Waals surface area contributed by atoms with Crippen molar-refractivity contribution in [3.05, 3.63) is 0 Å². The molecule has 0 aromatic heterocycles. The van der Waals surface area contributed by atoms with Crippen molar-refractivity contribution in [3.8, 4) is 0 Å². The molecule has 0 aromatic rings. The van der Waals surface area contributed by atoms with Gasteiger partial charge in [0.1, 0.15) is 0 Å². The first kappa shape index (κ1) is 11.0. The molecule has 1 aliphatic rings. The highest BCUT2D eigenvalue weighted by molar-refractivity contribution is 4.83. The highest BCUT2D eigenvalue weighted by Gasteiger charge is 2.24. The Hall–Kier alpha value is -0.0800. The lowest BCUT2D eigenvalue weighted by Crippen LogP contribution is -2.44. The van der Waals surface area contributed by atoms with Crippen LogP contribution in [-0.2, 0) is 0 Å². The van der Waals surface area contributed by atoms with Crippen LogP contribution in [0.1, 0.15) is 39.5 Å². The molecule has 2 heteroatoms. The van der Waals surface area contributed by atoms with Gasteiger partial charge in [0.05, 0.1) is 0 Å². The molecule has 0 aliphatic heterocycles. The summed E-state index contributed by atoms with van der Waals surface area (Å²) in [6.45, 7) is 4.56. The highest BCUT2D eigenvalue weighted by Crippen LogP contribution is 2.23. The predicted octanol–water partition coefficient (Wildman–Crippen LogP) is 1.86. The Morgan fingerprint density at radius 3 is 2.54 bits per heavy atom. The highest BCUT2D eigenvalue weighted by atomic mass is 15.2. The van der Waals surface area contributed by atoms with Crippen LogP contribution in [-0.4, -0.2) is 37.1 Å². The second-order valence-electron chi connectivity index (χ2n) is 4.57. The Balaban J connectivity index is 2.41. The number of nitrogens with zero attached hydrogens (tertiary/aromatic N) is 1. The molecular weight excluding hydrogens is 160 g/mol. The van der Waals surface area contributed by atoms with Crippen LogP contribution >= 0.6 is 0 Å². The number of rotatable bonds is 3. The van der Waals surface area contributed by atoms with Crippen molar-refractivity contribution in [1.29, 1.82) is 0 Å². The van der Waals surface area contributed by atoms with E-state index < -0.39 is 0 Å². The van der Waals surface area contributed by atoms with Crippen LogP contribution in [0, 0.1) is 0 Å². The van der Waals surface area contributed by atoms with E-state index in [4.69, 9.17) is 0 Å². The molecule has 78 valence electrons. The van der Waals surface area contributed by atoms with E-state index >= 15 is 0 Å². The van der Waals surface area contributed by atoms with Gasteiger partial charge < -0.3 is 10.2 Å². The van der Waals surface area contributed by atoms with Crippen LogP contribution in [0.2, 0.25) is 0 Å². The van der Waals surface area contributed by atoms with Crippen LogP contribution in [0.4, 0.5) is 0 Å². The molecule has 1 saturated carbocycles. The summed E-state index contributed by atoms with van der Waals surface area (Å²) in [7, 11) is 4.34. The van der Waals surface area contributed by atoms with Crippen molar-refractivity contribution < 1.29 is 0 Å². The third kappa shape index (κ3) is 2.96. The lowest BCUT2D eigenvalue weighted by atomic mass is 9.90. The summed E-state index contributed by atoms with van der Waals surface area (Å²) in [5.74, 6) is 0. The minimum absolute atomic E-state index is 0.681. The summed E-state index contributed by atoms with van der Waals surface area (Å²) in [6.07, 6.45) is 5.45. The van der Waals surface area contributed by atoms with Gasteiger partial charge in [0, 0.05) is 18.1 Å². The Morgan fingerprint density at radius 1 is 1.31 bits per heavy atom. The van der Waals surface area contributed by atoms with E-state index in [-0.39, 0.29) is 0 Å². The molecule has 2 atom stereocenters. The zero-order valence-electron chi connectivity index (χ0n) is 9.51. The zero-order chi connectivity index (χ0) is 9.84. The van der Waals surface area contributed by atoms with Crippen LogP contribution in [0.15, 0.2) is 0 Å². The SMILES string of the molecule is CNC1CCCC(N(C)C(C)C)C1. The van der Waals surface area contributed by atoms with Crippen LogP contribution in [0.3, 0.4) is 0 Å². The zero-order valence-corrected chi connectivity index (χ0v) is 9.51. The van der Waals surface area contributed by atoms with Crippen LogP contribution < -0.4 is 5.32 Å². The van der Waals surface area contributed by atoms with E-state index in [2.05, 4.69) is 38.2 Å². The Kier molecular flexibility index (Phi) is 4.20. The summed E-state index contributed by atoms with van der Waals surface area (Å²) in [5.41, 5.74) is 0. The second kappa shape index (κ2) is 4.97. The second-order valence-corrected chi connectivity index (χ2v) is 4.57. The molecule has 0 spiro atoms. The standard InChI is InChI=1S/C11H24N2/c1-9(2)13(4)11-7-5-6-10(8-11)12-3/h9-12H,5-8H2,1-4H3. The third-order valence-corrected chi connectivity index (χ3v) is 3.45. The topological polar surface area (TPSA) is 15.3 Å². The van der Waals surface area contributed by atoms with E-state index in [9.17, 15) is 0 Å². The van der Waals surface area contributed by atoms with Crippen molar-refractivity contribution >= 4 is 0 Å². The van der Waals surface area contributed by atoms with E-state index in [0.29, 0.717) is 6.04 Å². The van der Waals surface area contributed by atoms with E-state index in [1.165, 1.54) is 25.7 Å². The molecular formula is C11H24N2. The molecule has 0 heterocycles. The fourth-order valence-corrected chi connectivity index (χ4v) is 2.22. The van der Waals surface area contributed by atoms with Gasteiger partial charge in [-0.1, -0.05) is 6.42 Å². The van der Waals surface area contributed by atoms with Gasteiger partial charge >= 0.3 is 0 Å². The number of nitrogens with one attached hydrogen (secondary N) is 1. The number of hydrogen-bond acceptors (Lipinski definition) is 2. The Bertz CT molecular complexity index is 145. The van der Waals surface area contributed by atoms with Gasteiger partial charge in [-0.3, -0.25) is 0 Å². The first-order chi connectivity index (χ1) is 6.15. The Labute approximate surface area is 82.7 Å². The minimum Gasteiger partial charge on any atom is -0.317 e. The molecule has 0 aromatic carbocycles. The largest absolute Gasteiger partial charge is 0.317 e. The van der Waals surface area contributed by atoms with Crippen molar-refractivity contribution in [2.24, 2.45) is 0 Å². The fourth-order valence-electron chi connectivity index (χ4n) is 2.22. The van der Waals surface area contributed by atoms with E-state index in [1.54, 1.807) is 0 Å². The molecule has 2 nitrogen and oxygen atoms in total. The lowest BCUT2D eigenvalue weighted by molar-refractivity contribution is 0.140. The van der Waals surface area contributed by atoms with Crippen LogP contribution in [0.5, 0.6) is 0 Å². The fraction of sp³-hybridized carbons (Fsp3) is 1.00. The van der Waals surface area contributed by atoms with E-state index in [1.807, 2.05) is 0 Å². The molecule has 1 aliphatic carbocycles. The molecule has 0 amide bonds. The molecule has 0 radical (unpaired) electrons. The molecule has 1 fully saturated rings. The molecule has 13 heavy (non-hydrogen) atoms. The first-order valence-electron chi connectivity index (χ1n) is 5.54.